The van der Waals surface area contributed by atoms with Gasteiger partial charge in [0.2, 0.25) is 0 Å². The van der Waals surface area contributed by atoms with Gasteiger partial charge in [-0.25, -0.2) is 0 Å². The smallest absolute Gasteiger partial charge is 0.550 e. The van der Waals surface area contributed by atoms with Crippen LogP contribution in [0.2, 0.25) is 0 Å². The first-order valence-corrected chi connectivity index (χ1v) is 6.37. The molecule has 2 rings (SSSR count). The summed E-state index contributed by atoms with van der Waals surface area (Å²) in [6, 6.07) is 3.58. The maximum atomic E-state index is 11.1. The van der Waals surface area contributed by atoms with Crippen LogP contribution in [0.1, 0.15) is 25.3 Å². The van der Waals surface area contributed by atoms with E-state index >= 15 is 0 Å². The molecule has 0 saturated heterocycles. The average Bonchev–Trinajstić information content (AvgIpc) is 2.45. The topological polar surface area (TPSA) is 71.5 Å². The minimum absolute atomic E-state index is 0. The molecule has 1 aromatic heterocycles. The van der Waals surface area contributed by atoms with Crippen LogP contribution in [0.25, 0.3) is 10.8 Å². The third-order valence-electron chi connectivity index (χ3n) is 3.19. The first-order chi connectivity index (χ1) is 9.58. The fraction of sp³-hybridized carbons (Fsp3) is 0.333. The number of pyridine rings is 1. The number of fused-ring (bicyclic) bond motifs is 1. The molecule has 1 atom stereocenters. The normalized spacial score (nSPS) is 11.6. The SMILES string of the molecule is CCOc1cc2cncc(C(C)C(=O)[O-])c2cc1OC.[Li+]. The number of aliphatic carboxylic acids is 1. The van der Waals surface area contributed by atoms with E-state index in [1.54, 1.807) is 38.6 Å². The van der Waals surface area contributed by atoms with E-state index in [9.17, 15) is 9.90 Å². The molecule has 2 aromatic rings. The number of ether oxygens (including phenoxy) is 2. The Hall–Kier alpha value is -1.70. The van der Waals surface area contributed by atoms with Crippen LogP contribution in [-0.2, 0) is 4.79 Å². The summed E-state index contributed by atoms with van der Waals surface area (Å²) in [7, 11) is 1.55. The second kappa shape index (κ2) is 7.35. The zero-order valence-corrected chi connectivity index (χ0v) is 12.7. The molecule has 0 radical (unpaired) electrons. The van der Waals surface area contributed by atoms with Crippen molar-refractivity contribution in [2.45, 2.75) is 19.8 Å². The van der Waals surface area contributed by atoms with Crippen LogP contribution < -0.4 is 33.4 Å². The molecule has 0 amide bonds. The number of rotatable bonds is 5. The first-order valence-electron chi connectivity index (χ1n) is 6.37. The van der Waals surface area contributed by atoms with Gasteiger partial charge < -0.3 is 19.4 Å². The van der Waals surface area contributed by atoms with Crippen molar-refractivity contribution in [2.24, 2.45) is 0 Å². The third-order valence-corrected chi connectivity index (χ3v) is 3.19. The Morgan fingerprint density at radius 3 is 2.62 bits per heavy atom. The van der Waals surface area contributed by atoms with E-state index in [2.05, 4.69) is 4.98 Å². The number of aromatic nitrogens is 1. The molecular formula is C15H16LiNO4. The predicted molar refractivity (Wildman–Crippen MR) is 72.9 cm³/mol. The molecule has 106 valence electrons. The van der Waals surface area contributed by atoms with Crippen molar-refractivity contribution < 1.29 is 38.2 Å². The van der Waals surface area contributed by atoms with Gasteiger partial charge in [-0.15, -0.1) is 0 Å². The molecule has 6 heteroatoms. The summed E-state index contributed by atoms with van der Waals surface area (Å²) in [4.78, 5) is 15.2. The van der Waals surface area contributed by atoms with Crippen LogP contribution in [-0.4, -0.2) is 24.7 Å². The zero-order valence-electron chi connectivity index (χ0n) is 12.7. The van der Waals surface area contributed by atoms with Gasteiger partial charge in [-0.05, 0) is 30.0 Å². The van der Waals surface area contributed by atoms with Crippen molar-refractivity contribution in [3.63, 3.8) is 0 Å². The minimum Gasteiger partial charge on any atom is -0.550 e. The summed E-state index contributed by atoms with van der Waals surface area (Å²) in [6.45, 7) is 3.98. The van der Waals surface area contributed by atoms with Crippen molar-refractivity contribution in [3.8, 4) is 11.5 Å². The minimum atomic E-state index is -1.13. The molecular weight excluding hydrogens is 265 g/mol. The number of carboxylic acids is 1. The van der Waals surface area contributed by atoms with Crippen molar-refractivity contribution in [3.05, 3.63) is 30.1 Å². The molecule has 0 aliphatic rings. The van der Waals surface area contributed by atoms with Gasteiger partial charge in [0.15, 0.2) is 11.5 Å². The number of carboxylic acid groups (broad SMARTS) is 1. The number of hydrogen-bond donors (Lipinski definition) is 0. The maximum absolute atomic E-state index is 11.1. The van der Waals surface area contributed by atoms with Crippen LogP contribution in [0, 0.1) is 0 Å². The predicted octanol–water partition coefficient (Wildman–Crippen LogP) is -1.50. The molecule has 0 aliphatic carbocycles. The summed E-state index contributed by atoms with van der Waals surface area (Å²) in [5.74, 6) is -0.694. The second-order valence-electron chi connectivity index (χ2n) is 4.43. The first kappa shape index (κ1) is 17.3. The molecule has 0 bridgehead atoms. The number of carbonyl (C=O) groups excluding carboxylic acids is 1. The van der Waals surface area contributed by atoms with Gasteiger partial charge in [-0.3, -0.25) is 4.98 Å². The Kier molecular flexibility index (Phi) is 6.07. The van der Waals surface area contributed by atoms with Gasteiger partial charge in [-0.2, -0.15) is 0 Å². The van der Waals surface area contributed by atoms with E-state index in [1.165, 1.54) is 0 Å². The molecule has 0 aliphatic heterocycles. The Morgan fingerprint density at radius 2 is 2.05 bits per heavy atom. The van der Waals surface area contributed by atoms with Crippen molar-refractivity contribution in [2.75, 3.05) is 13.7 Å². The zero-order chi connectivity index (χ0) is 14.7. The summed E-state index contributed by atoms with van der Waals surface area (Å²) < 4.78 is 10.8. The molecule has 21 heavy (non-hydrogen) atoms. The molecule has 0 spiro atoms. The van der Waals surface area contributed by atoms with E-state index in [-0.39, 0.29) is 18.9 Å². The molecule has 1 heterocycles. The number of hydrogen-bond acceptors (Lipinski definition) is 5. The number of methoxy groups -OCH3 is 1. The fourth-order valence-corrected chi connectivity index (χ4v) is 2.10. The monoisotopic (exact) mass is 281 g/mol. The molecule has 1 aromatic carbocycles. The van der Waals surface area contributed by atoms with Crippen LogP contribution in [0.4, 0.5) is 0 Å². The van der Waals surface area contributed by atoms with E-state index in [0.29, 0.717) is 23.7 Å². The Bertz CT molecular complexity index is 645. The average molecular weight is 281 g/mol. The van der Waals surface area contributed by atoms with E-state index in [4.69, 9.17) is 9.47 Å². The molecule has 0 N–H and O–H groups in total. The quantitative estimate of drug-likeness (QED) is 0.624. The molecule has 0 fully saturated rings. The van der Waals surface area contributed by atoms with Gasteiger partial charge in [0.1, 0.15) is 0 Å². The van der Waals surface area contributed by atoms with Gasteiger partial charge >= 0.3 is 18.9 Å². The van der Waals surface area contributed by atoms with Crippen LogP contribution >= 0.6 is 0 Å². The standard InChI is InChI=1S/C15H17NO4.Li/c1-4-20-14-5-10-7-16-8-12(9(2)15(17)18)11(10)6-13(14)19-3;/h5-9H,4H2,1-3H3,(H,17,18);/q;+1/p-1. The van der Waals surface area contributed by atoms with Crippen LogP contribution in [0.15, 0.2) is 24.5 Å². The summed E-state index contributed by atoms with van der Waals surface area (Å²) in [5.41, 5.74) is 0.601. The van der Waals surface area contributed by atoms with Gasteiger partial charge in [-0.1, -0.05) is 6.92 Å². The van der Waals surface area contributed by atoms with E-state index in [0.717, 1.165) is 10.8 Å². The van der Waals surface area contributed by atoms with E-state index in [1.807, 2.05) is 6.92 Å². The maximum Gasteiger partial charge on any atom is 1.00 e. The molecule has 0 saturated carbocycles. The van der Waals surface area contributed by atoms with Crippen molar-refractivity contribution in [1.82, 2.24) is 4.98 Å². The summed E-state index contributed by atoms with van der Waals surface area (Å²) in [5, 5.41) is 12.7. The van der Waals surface area contributed by atoms with Gasteiger partial charge in [0.25, 0.3) is 0 Å². The van der Waals surface area contributed by atoms with Gasteiger partial charge in [0.05, 0.1) is 13.7 Å². The summed E-state index contributed by atoms with van der Waals surface area (Å²) >= 11 is 0. The number of benzene rings is 1. The Labute approximate surface area is 135 Å². The Balaban J connectivity index is 0.00000220. The fourth-order valence-electron chi connectivity index (χ4n) is 2.10. The van der Waals surface area contributed by atoms with Crippen LogP contribution in [0.5, 0.6) is 11.5 Å². The van der Waals surface area contributed by atoms with Crippen molar-refractivity contribution >= 4 is 16.7 Å². The summed E-state index contributed by atoms with van der Waals surface area (Å²) in [6.07, 6.45) is 3.21. The number of carbonyl (C=O) groups is 1. The van der Waals surface area contributed by atoms with Crippen LogP contribution in [0.3, 0.4) is 0 Å². The number of nitrogens with zero attached hydrogens (tertiary/aromatic N) is 1. The van der Waals surface area contributed by atoms with Crippen molar-refractivity contribution in [1.29, 1.82) is 0 Å². The molecule has 1 unspecified atom stereocenters. The largest absolute Gasteiger partial charge is 1.00 e. The van der Waals surface area contributed by atoms with E-state index < -0.39 is 11.9 Å². The second-order valence-corrected chi connectivity index (χ2v) is 4.43. The third kappa shape index (κ3) is 3.49. The molecule has 5 nitrogen and oxygen atoms in total. The Morgan fingerprint density at radius 1 is 1.33 bits per heavy atom. The van der Waals surface area contributed by atoms with Gasteiger partial charge in [0, 0.05) is 29.7 Å².